The molecule has 35 heteroatoms. The maximum atomic E-state index is 14.3. The van der Waals surface area contributed by atoms with E-state index in [2.05, 4.69) is 69.1 Å². The lowest BCUT2D eigenvalue weighted by atomic mass is 10.0. The first-order valence-electron chi connectivity index (χ1n) is 25.2. The molecule has 0 radical (unpaired) electrons. The summed E-state index contributed by atoms with van der Waals surface area (Å²) < 4.78 is 0. The highest BCUT2D eigenvalue weighted by atomic mass is 16.4. The third-order valence-electron chi connectivity index (χ3n) is 11.4. The number of guanidine groups is 3. The Morgan fingerprint density at radius 3 is 1.06 bits per heavy atom. The van der Waals surface area contributed by atoms with E-state index in [9.17, 15) is 68.1 Å². The molecule has 0 aliphatic rings. The molecule has 9 atom stereocenters. The number of aliphatic hydroxyl groups excluding tert-OH is 2. The van der Waals surface area contributed by atoms with Crippen molar-refractivity contribution >= 4 is 83.0 Å². The highest BCUT2D eigenvalue weighted by Crippen LogP contribution is 2.10. The number of carboxylic acids is 2. The van der Waals surface area contributed by atoms with Crippen molar-refractivity contribution < 1.29 is 73.2 Å². The summed E-state index contributed by atoms with van der Waals surface area (Å²) in [4.78, 5) is 145. The predicted octanol–water partition coefficient (Wildman–Crippen LogP) is -9.54. The molecule has 0 heterocycles. The van der Waals surface area contributed by atoms with Crippen LogP contribution in [0.25, 0.3) is 0 Å². The van der Waals surface area contributed by atoms with Crippen molar-refractivity contribution in [2.45, 2.75) is 138 Å². The van der Waals surface area contributed by atoms with Gasteiger partial charge in [-0.3, -0.25) is 69.0 Å². The summed E-state index contributed by atoms with van der Waals surface area (Å²) in [5.41, 5.74) is 21.9. The Kier molecular flexibility index (Phi) is 35.2. The Hall–Kier alpha value is -8.18. The molecule has 79 heavy (non-hydrogen) atoms. The molecule has 0 spiro atoms. The lowest BCUT2D eigenvalue weighted by Crippen LogP contribution is -2.60. The zero-order valence-corrected chi connectivity index (χ0v) is 44.5. The summed E-state index contributed by atoms with van der Waals surface area (Å²) in [5, 5.41) is 92.5. The molecule has 0 saturated carbocycles. The van der Waals surface area contributed by atoms with Gasteiger partial charge in [-0.25, -0.2) is 0 Å². The van der Waals surface area contributed by atoms with Crippen molar-refractivity contribution in [2.75, 3.05) is 53.5 Å². The zero-order chi connectivity index (χ0) is 60.2. The molecule has 28 N–H and O–H groups in total. The predicted molar refractivity (Wildman–Crippen MR) is 282 cm³/mol. The molecule has 0 bridgehead atoms. The van der Waals surface area contributed by atoms with Crippen molar-refractivity contribution in [1.82, 2.24) is 69.1 Å². The minimum atomic E-state index is -1.78. The zero-order valence-electron chi connectivity index (χ0n) is 44.5. The number of carbonyl (C=O) groups is 11. The second-order valence-corrected chi connectivity index (χ2v) is 17.7. The number of carboxylic acid groups (broad SMARTS) is 2. The number of unbranched alkanes of at least 4 members (excludes halogenated alkanes) is 1. The van der Waals surface area contributed by atoms with Gasteiger partial charge in [-0.1, -0.05) is 0 Å². The van der Waals surface area contributed by atoms with E-state index in [4.69, 9.17) is 44.3 Å². The number of aliphatic hydroxyl groups is 2. The number of hydrogen-bond acceptors (Lipinski definition) is 18. The fourth-order valence-corrected chi connectivity index (χ4v) is 7.06. The van der Waals surface area contributed by atoms with Crippen molar-refractivity contribution in [2.24, 2.45) is 22.9 Å². The van der Waals surface area contributed by atoms with Gasteiger partial charge in [0.25, 0.3) is 0 Å². The number of nitrogens with one attached hydrogen (secondary N) is 16. The summed E-state index contributed by atoms with van der Waals surface area (Å²) in [6.45, 7) is -0.320. The van der Waals surface area contributed by atoms with Gasteiger partial charge in [-0.05, 0) is 84.7 Å². The number of aliphatic carboxylic acids is 2. The van der Waals surface area contributed by atoms with E-state index < -0.39 is 164 Å². The van der Waals surface area contributed by atoms with E-state index in [-0.39, 0.29) is 83.5 Å². The monoisotopic (exact) mass is 1130 g/mol. The molecule has 0 aliphatic carbocycles. The molecule has 0 aromatic rings. The summed E-state index contributed by atoms with van der Waals surface area (Å²) in [6, 6.07) is -13.5. The van der Waals surface area contributed by atoms with Crippen LogP contribution in [0.2, 0.25) is 0 Å². The van der Waals surface area contributed by atoms with Crippen molar-refractivity contribution in [3.8, 4) is 0 Å². The van der Waals surface area contributed by atoms with Crippen LogP contribution in [0.15, 0.2) is 0 Å². The Bertz CT molecular complexity index is 2080. The van der Waals surface area contributed by atoms with Gasteiger partial charge in [-0.15, -0.1) is 0 Å². The lowest BCUT2D eigenvalue weighted by Gasteiger charge is -2.28. The number of hydrogen-bond donors (Lipinski definition) is 24. The number of amides is 9. The number of nitrogens with two attached hydrogens (primary N) is 4. The fraction of sp³-hybridized carbons (Fsp3) is 0.682. The van der Waals surface area contributed by atoms with Crippen LogP contribution in [0.3, 0.4) is 0 Å². The molecule has 0 rings (SSSR count). The number of likely N-dealkylation sites (N-methyl/N-ethyl adjacent to an activating group) is 2. The largest absolute Gasteiger partial charge is 0.481 e. The van der Waals surface area contributed by atoms with Gasteiger partial charge in [0.15, 0.2) is 17.9 Å². The van der Waals surface area contributed by atoms with E-state index in [1.54, 1.807) is 0 Å². The van der Waals surface area contributed by atoms with Crippen LogP contribution in [0.4, 0.5) is 0 Å². The summed E-state index contributed by atoms with van der Waals surface area (Å²) >= 11 is 0. The van der Waals surface area contributed by atoms with E-state index in [0.29, 0.717) is 6.42 Å². The molecule has 35 nitrogen and oxygen atoms in total. The molecule has 0 aromatic heterocycles. The minimum absolute atomic E-state index is 0.00269. The first-order valence-corrected chi connectivity index (χ1v) is 25.2. The van der Waals surface area contributed by atoms with Crippen molar-refractivity contribution in [3.63, 3.8) is 0 Å². The maximum Gasteiger partial charge on any atom is 0.305 e. The number of carbonyl (C=O) groups excluding carboxylic acids is 9. The molecule has 0 aromatic carbocycles. The van der Waals surface area contributed by atoms with Crippen LogP contribution in [0.1, 0.15) is 84.0 Å². The van der Waals surface area contributed by atoms with Gasteiger partial charge in [0.05, 0.1) is 19.6 Å². The minimum Gasteiger partial charge on any atom is -0.481 e. The standard InChI is InChI=1S/C44H82N20O15/c1-22(33(71)63-28(19-32(69)70)34(72)53-3)57-41(79)30(21-66)64-38(76)26(12-8-18-56-44(50)51)60-36(74)24(10-6-16-54-42(46)47)59-35(73)23(9-4-5-15-45)58-39(77)27(13-14-31(67)68)62-37(75)25(11-7-17-55-43(48)49)61-40(78)29(20-65)52-2/h22-30,52,65-66H,4-21,45H2,1-3H3,(H,53,72)(H,57,79)(H,58,77)(H,59,73)(H,60,74)(H,61,78)(H,62,75)(H,63,71)(H,64,76)(H,67,68)(H,69,70)(H4,46,47,54)(H4,48,49,55)(H4,50,51,56)/t22-,23-,24-,25-,26-,27-,28-,29-,30+/m0/s1. The van der Waals surface area contributed by atoms with E-state index in [1.807, 2.05) is 0 Å². The van der Waals surface area contributed by atoms with Crippen molar-refractivity contribution in [1.29, 1.82) is 16.2 Å². The third kappa shape index (κ3) is 30.4. The Balaban J connectivity index is 6.93. The van der Waals surface area contributed by atoms with Gasteiger partial charge in [0.2, 0.25) is 53.2 Å². The summed E-state index contributed by atoms with van der Waals surface area (Å²) in [5.74, 6) is -12.9. The summed E-state index contributed by atoms with van der Waals surface area (Å²) in [6.07, 6.45) is -1.90. The van der Waals surface area contributed by atoms with Gasteiger partial charge in [-0.2, -0.15) is 0 Å². The second-order valence-electron chi connectivity index (χ2n) is 17.7. The van der Waals surface area contributed by atoms with Crippen LogP contribution >= 0.6 is 0 Å². The van der Waals surface area contributed by atoms with E-state index in [0.717, 1.165) is 0 Å². The lowest BCUT2D eigenvalue weighted by molar-refractivity contribution is -0.141. The molecular formula is C44H82N20O15. The smallest absolute Gasteiger partial charge is 0.305 e. The molecule has 9 amide bonds. The highest BCUT2D eigenvalue weighted by molar-refractivity contribution is 5.98. The maximum absolute atomic E-state index is 14.3. The SMILES string of the molecule is CNC(=O)[C@H](CC(=O)O)NC(=O)[C@H](C)NC(=O)[C@@H](CO)NC(=O)[C@H](CCCNC(=N)N)NC(=O)[C@H](CCCNC(=N)N)NC(=O)[C@H](CCCCN)NC(=O)[C@H](CCC(=O)O)NC(=O)[C@H](CCCNC(=N)N)NC(=O)[C@H](CO)NC. The highest BCUT2D eigenvalue weighted by Gasteiger charge is 2.35. The van der Waals surface area contributed by atoms with Gasteiger partial charge in [0.1, 0.15) is 54.4 Å². The average molecular weight is 1130 g/mol. The van der Waals surface area contributed by atoms with E-state index >= 15 is 0 Å². The molecule has 448 valence electrons. The Labute approximate surface area is 455 Å². The molecule has 0 fully saturated rings. The quantitative estimate of drug-likeness (QED) is 0.0154. The average Bonchev–Trinajstić information content (AvgIpc) is 3.38. The van der Waals surface area contributed by atoms with Crippen LogP contribution in [0, 0.1) is 16.2 Å². The van der Waals surface area contributed by atoms with Gasteiger partial charge in [0, 0.05) is 33.1 Å². The Morgan fingerprint density at radius 2 is 0.747 bits per heavy atom. The van der Waals surface area contributed by atoms with E-state index in [1.165, 1.54) is 21.0 Å². The number of rotatable bonds is 41. The van der Waals surface area contributed by atoms with Gasteiger partial charge >= 0.3 is 11.9 Å². The molecule has 0 saturated heterocycles. The van der Waals surface area contributed by atoms with Crippen LogP contribution in [-0.2, 0) is 52.7 Å². The summed E-state index contributed by atoms with van der Waals surface area (Å²) in [7, 11) is 2.58. The normalized spacial score (nSPS) is 14.2. The second kappa shape index (κ2) is 39.2. The fourth-order valence-electron chi connectivity index (χ4n) is 7.06. The van der Waals surface area contributed by atoms with Crippen molar-refractivity contribution in [3.05, 3.63) is 0 Å². The first kappa shape index (κ1) is 70.8. The van der Waals surface area contributed by atoms with Gasteiger partial charge < -0.3 is 112 Å². The van der Waals surface area contributed by atoms with Crippen LogP contribution < -0.4 is 92.1 Å². The third-order valence-corrected chi connectivity index (χ3v) is 11.4. The topological polar surface area (TPSA) is 601 Å². The van der Waals surface area contributed by atoms with Crippen LogP contribution in [0.5, 0.6) is 0 Å². The molecule has 0 aliphatic heterocycles. The molecule has 0 unspecified atom stereocenters. The van der Waals surface area contributed by atoms with Crippen LogP contribution in [-0.4, -0.2) is 211 Å². The first-order chi connectivity index (χ1) is 37.2. The Morgan fingerprint density at radius 1 is 0.418 bits per heavy atom. The molecular weight excluding hydrogens is 1050 g/mol.